The van der Waals surface area contributed by atoms with Crippen LogP contribution in [0.3, 0.4) is 0 Å². The largest absolute Gasteiger partial charge is 0.444 e. The predicted molar refractivity (Wildman–Crippen MR) is 119 cm³/mol. The van der Waals surface area contributed by atoms with E-state index < -0.39 is 47.4 Å². The van der Waals surface area contributed by atoms with Gasteiger partial charge in [-0.15, -0.1) is 0 Å². The molecule has 0 bridgehead atoms. The molecule has 0 saturated carbocycles. The van der Waals surface area contributed by atoms with E-state index in [1.807, 2.05) is 0 Å². The highest BCUT2D eigenvalue weighted by Gasteiger charge is 2.37. The zero-order valence-electron chi connectivity index (χ0n) is 19.9. The number of nitrogens with one attached hydrogen (secondary N) is 2. The Hall–Kier alpha value is -3.17. The number of ether oxygens (including phenoxy) is 2. The van der Waals surface area contributed by atoms with Crippen molar-refractivity contribution in [2.75, 3.05) is 13.1 Å². The van der Waals surface area contributed by atoms with E-state index in [0.29, 0.717) is 0 Å². The Bertz CT molecular complexity index is 871. The summed E-state index contributed by atoms with van der Waals surface area (Å²) in [5.41, 5.74) is -1.02. The average Bonchev–Trinajstić information content (AvgIpc) is 2.89. The van der Waals surface area contributed by atoms with Crippen LogP contribution in [0, 0.1) is 0 Å². The summed E-state index contributed by atoms with van der Waals surface area (Å²) in [6.07, 6.45) is -3.45. The van der Waals surface area contributed by atoms with Crippen molar-refractivity contribution in [3.8, 4) is 0 Å². The second-order valence-electron chi connectivity index (χ2n) is 9.83. The molecule has 4 amide bonds. The molecule has 0 aliphatic carbocycles. The summed E-state index contributed by atoms with van der Waals surface area (Å²) in [5.74, 6) is -1.04. The molecule has 0 fully saturated rings. The van der Waals surface area contributed by atoms with E-state index in [4.69, 9.17) is 9.47 Å². The van der Waals surface area contributed by atoms with Crippen LogP contribution in [0.4, 0.5) is 14.0 Å². The van der Waals surface area contributed by atoms with Crippen LogP contribution in [0.15, 0.2) is 24.3 Å². The molecule has 182 valence electrons. The van der Waals surface area contributed by atoms with Gasteiger partial charge in [-0.2, -0.15) is 0 Å². The van der Waals surface area contributed by atoms with Crippen LogP contribution in [-0.4, -0.2) is 65.4 Å². The number of hydrogen-bond donors (Lipinski definition) is 2. The van der Waals surface area contributed by atoms with Crippen molar-refractivity contribution < 1.29 is 33.0 Å². The molecule has 2 atom stereocenters. The van der Waals surface area contributed by atoms with Gasteiger partial charge >= 0.3 is 12.2 Å². The van der Waals surface area contributed by atoms with Crippen LogP contribution in [0.2, 0.25) is 0 Å². The van der Waals surface area contributed by atoms with Gasteiger partial charge in [0.1, 0.15) is 17.4 Å². The minimum Gasteiger partial charge on any atom is -0.444 e. The molecule has 0 saturated heterocycles. The lowest BCUT2D eigenvalue weighted by Gasteiger charge is -2.27. The average molecular weight is 466 g/mol. The van der Waals surface area contributed by atoms with Gasteiger partial charge in [0.25, 0.3) is 11.8 Å². The Morgan fingerprint density at radius 3 is 1.91 bits per heavy atom. The van der Waals surface area contributed by atoms with Gasteiger partial charge in [0, 0.05) is 13.0 Å². The molecule has 10 heteroatoms. The summed E-state index contributed by atoms with van der Waals surface area (Å²) in [6, 6.07) is 5.41. The molecule has 2 rings (SSSR count). The van der Waals surface area contributed by atoms with Crippen molar-refractivity contribution in [1.29, 1.82) is 0 Å². The summed E-state index contributed by atoms with van der Waals surface area (Å²) < 4.78 is 25.0. The van der Waals surface area contributed by atoms with Crippen molar-refractivity contribution in [3.63, 3.8) is 0 Å². The smallest absolute Gasteiger partial charge is 0.407 e. The molecule has 1 heterocycles. The maximum atomic E-state index is 14.7. The Morgan fingerprint density at radius 1 is 0.939 bits per heavy atom. The van der Waals surface area contributed by atoms with E-state index in [0.717, 1.165) is 4.90 Å². The fraction of sp³-hybridized carbons (Fsp3) is 0.565. The Morgan fingerprint density at radius 2 is 1.42 bits per heavy atom. The number of fused-ring (bicyclic) bond motifs is 1. The van der Waals surface area contributed by atoms with Gasteiger partial charge in [0.15, 0.2) is 0 Å². The molecule has 1 aliphatic heterocycles. The topological polar surface area (TPSA) is 114 Å². The lowest BCUT2D eigenvalue weighted by molar-refractivity contribution is 0.0442. The molecule has 0 aromatic heterocycles. The highest BCUT2D eigenvalue weighted by Crippen LogP contribution is 2.23. The molecule has 9 nitrogen and oxygen atoms in total. The first-order valence-electron chi connectivity index (χ1n) is 10.7. The van der Waals surface area contributed by atoms with Gasteiger partial charge in [0.2, 0.25) is 0 Å². The van der Waals surface area contributed by atoms with Crippen molar-refractivity contribution >= 4 is 24.0 Å². The van der Waals surface area contributed by atoms with Crippen LogP contribution < -0.4 is 10.6 Å². The number of hydrogen-bond acceptors (Lipinski definition) is 6. The van der Waals surface area contributed by atoms with Crippen molar-refractivity contribution in [1.82, 2.24) is 15.5 Å². The van der Waals surface area contributed by atoms with Crippen LogP contribution in [-0.2, 0) is 9.47 Å². The van der Waals surface area contributed by atoms with E-state index in [1.165, 1.54) is 12.1 Å². The third-order valence-electron chi connectivity index (χ3n) is 4.41. The van der Waals surface area contributed by atoms with Crippen LogP contribution in [0.1, 0.15) is 68.7 Å². The Balaban J connectivity index is 2.07. The molecule has 0 unspecified atom stereocenters. The Kier molecular flexibility index (Phi) is 8.05. The van der Waals surface area contributed by atoms with Crippen LogP contribution in [0.5, 0.6) is 0 Å². The number of rotatable bonds is 7. The standard InChI is InChI=1S/C23H32FN3O6/c1-22(2,3)32-20(30)25-12-14(24)11-15(26-21(31)33-23(4,5)6)13-27-18(28)16-9-7-8-10-17(16)19(27)29/h7-10,14-15H,11-13H2,1-6H3,(H,25,30)(H,26,31)/t14-,15-/m1/s1. The normalized spacial score (nSPS) is 15.5. The minimum absolute atomic E-state index is 0.252. The van der Waals surface area contributed by atoms with Crippen molar-refractivity contribution in [2.24, 2.45) is 0 Å². The molecule has 1 aromatic rings. The zero-order chi connectivity index (χ0) is 25.0. The summed E-state index contributed by atoms with van der Waals surface area (Å²) in [5, 5.41) is 4.87. The second kappa shape index (κ2) is 10.2. The maximum absolute atomic E-state index is 14.7. The number of carbonyl (C=O) groups excluding carboxylic acids is 4. The Labute approximate surface area is 193 Å². The summed E-state index contributed by atoms with van der Waals surface area (Å²) in [7, 11) is 0. The van der Waals surface area contributed by atoms with Gasteiger partial charge < -0.3 is 20.1 Å². The third kappa shape index (κ3) is 8.03. The number of nitrogens with zero attached hydrogens (tertiary/aromatic N) is 1. The molecule has 0 spiro atoms. The van der Waals surface area contributed by atoms with E-state index in [-0.39, 0.29) is 30.6 Å². The molecular formula is C23H32FN3O6. The SMILES string of the molecule is CC(C)(C)OC(=O)NC[C@H](F)C[C@H](CN1C(=O)c2ccccc2C1=O)NC(=O)OC(C)(C)C. The number of benzene rings is 1. The van der Waals surface area contributed by atoms with Gasteiger partial charge in [-0.25, -0.2) is 14.0 Å². The van der Waals surface area contributed by atoms with E-state index in [1.54, 1.807) is 53.7 Å². The lowest BCUT2D eigenvalue weighted by atomic mass is 10.1. The first-order chi connectivity index (χ1) is 15.2. The van der Waals surface area contributed by atoms with Gasteiger partial charge in [-0.05, 0) is 53.7 Å². The summed E-state index contributed by atoms with van der Waals surface area (Å²) >= 11 is 0. The maximum Gasteiger partial charge on any atom is 0.407 e. The quantitative estimate of drug-likeness (QED) is 0.597. The monoisotopic (exact) mass is 465 g/mol. The highest BCUT2D eigenvalue weighted by molar-refractivity contribution is 6.21. The molecule has 0 radical (unpaired) electrons. The number of halogens is 1. The van der Waals surface area contributed by atoms with Crippen molar-refractivity contribution in [2.45, 2.75) is 71.4 Å². The molecular weight excluding hydrogens is 433 g/mol. The number of carbonyl (C=O) groups is 4. The molecule has 33 heavy (non-hydrogen) atoms. The van der Waals surface area contributed by atoms with Crippen molar-refractivity contribution in [3.05, 3.63) is 35.4 Å². The molecule has 1 aromatic carbocycles. The number of imide groups is 1. The predicted octanol–water partition coefficient (Wildman–Crippen LogP) is 3.43. The van der Waals surface area contributed by atoms with Gasteiger partial charge in [0.05, 0.1) is 23.7 Å². The van der Waals surface area contributed by atoms with Gasteiger partial charge in [-0.3, -0.25) is 14.5 Å². The second-order valence-corrected chi connectivity index (χ2v) is 9.83. The van der Waals surface area contributed by atoms with E-state index in [9.17, 15) is 23.6 Å². The van der Waals surface area contributed by atoms with Crippen LogP contribution in [0.25, 0.3) is 0 Å². The van der Waals surface area contributed by atoms with Gasteiger partial charge in [-0.1, -0.05) is 12.1 Å². The van der Waals surface area contributed by atoms with Crippen LogP contribution >= 0.6 is 0 Å². The number of alkyl halides is 1. The van der Waals surface area contributed by atoms with E-state index >= 15 is 0 Å². The molecule has 2 N–H and O–H groups in total. The molecule has 1 aliphatic rings. The minimum atomic E-state index is -1.59. The third-order valence-corrected chi connectivity index (χ3v) is 4.41. The first-order valence-corrected chi connectivity index (χ1v) is 10.7. The highest BCUT2D eigenvalue weighted by atomic mass is 19.1. The zero-order valence-corrected chi connectivity index (χ0v) is 19.9. The fourth-order valence-electron chi connectivity index (χ4n) is 3.18. The summed E-state index contributed by atoms with van der Waals surface area (Å²) in [4.78, 5) is 50.4. The summed E-state index contributed by atoms with van der Waals surface area (Å²) in [6.45, 7) is 9.45. The number of alkyl carbamates (subject to hydrolysis) is 2. The first kappa shape index (κ1) is 26.1. The van der Waals surface area contributed by atoms with E-state index in [2.05, 4.69) is 10.6 Å². The lowest BCUT2D eigenvalue weighted by Crippen LogP contribution is -2.49. The number of amides is 4. The fourth-order valence-corrected chi connectivity index (χ4v) is 3.18.